The molecule has 1 fully saturated rings. The molecule has 1 heterocycles. The monoisotopic (exact) mass is 308 g/mol. The van der Waals surface area contributed by atoms with Crippen molar-refractivity contribution >= 4 is 5.91 Å². The molecule has 22 heavy (non-hydrogen) atoms. The van der Waals surface area contributed by atoms with Gasteiger partial charge in [0.05, 0.1) is 25.6 Å². The van der Waals surface area contributed by atoms with Gasteiger partial charge in [-0.15, -0.1) is 0 Å². The van der Waals surface area contributed by atoms with Gasteiger partial charge in [-0.1, -0.05) is 6.92 Å². The maximum Gasteiger partial charge on any atom is 0.236 e. The summed E-state index contributed by atoms with van der Waals surface area (Å²) >= 11 is 0. The third-order valence-corrected chi connectivity index (χ3v) is 4.66. The van der Waals surface area contributed by atoms with Crippen molar-refractivity contribution in [3.8, 4) is 0 Å². The molecule has 124 valence electrons. The largest absolute Gasteiger partial charge is 0.501 e. The van der Waals surface area contributed by atoms with Gasteiger partial charge in [0.25, 0.3) is 0 Å². The number of likely N-dealkylation sites (tertiary alicyclic amines) is 1. The van der Waals surface area contributed by atoms with Gasteiger partial charge < -0.3 is 19.3 Å². The maximum absolute atomic E-state index is 12.9. The van der Waals surface area contributed by atoms with Crippen molar-refractivity contribution in [2.24, 2.45) is 11.3 Å². The van der Waals surface area contributed by atoms with E-state index in [2.05, 4.69) is 11.8 Å². The molecule has 2 aliphatic rings. The van der Waals surface area contributed by atoms with Crippen molar-refractivity contribution in [2.75, 3.05) is 47.9 Å². The van der Waals surface area contributed by atoms with Crippen LogP contribution in [0.5, 0.6) is 0 Å². The predicted molar refractivity (Wildman–Crippen MR) is 86.1 cm³/mol. The van der Waals surface area contributed by atoms with E-state index in [4.69, 9.17) is 9.47 Å². The summed E-state index contributed by atoms with van der Waals surface area (Å²) in [5.41, 5.74) is -0.589. The van der Waals surface area contributed by atoms with Crippen molar-refractivity contribution in [3.05, 3.63) is 23.7 Å². The van der Waals surface area contributed by atoms with Crippen LogP contribution in [0.3, 0.4) is 0 Å². The van der Waals surface area contributed by atoms with E-state index in [0.29, 0.717) is 0 Å². The number of rotatable bonds is 6. The topological polar surface area (TPSA) is 42.0 Å². The predicted octanol–water partition coefficient (Wildman–Crippen LogP) is 1.87. The Morgan fingerprint density at radius 1 is 1.27 bits per heavy atom. The fourth-order valence-corrected chi connectivity index (χ4v) is 3.32. The molecule has 5 heteroatoms. The summed E-state index contributed by atoms with van der Waals surface area (Å²) in [6.07, 6.45) is 5.72. The minimum Gasteiger partial charge on any atom is -0.501 e. The lowest BCUT2D eigenvalue weighted by molar-refractivity contribution is -0.132. The maximum atomic E-state index is 12.9. The molecule has 2 rings (SSSR count). The van der Waals surface area contributed by atoms with E-state index in [-0.39, 0.29) is 11.8 Å². The van der Waals surface area contributed by atoms with Gasteiger partial charge in [0.1, 0.15) is 11.5 Å². The fraction of sp³-hybridized carbons (Fsp3) is 0.706. The minimum atomic E-state index is -0.589. The first-order chi connectivity index (χ1) is 10.5. The van der Waals surface area contributed by atoms with Crippen LogP contribution in [0.4, 0.5) is 0 Å². The molecule has 5 nitrogen and oxygen atoms in total. The average Bonchev–Trinajstić information content (AvgIpc) is 2.80. The highest BCUT2D eigenvalue weighted by atomic mass is 16.5. The highest BCUT2D eigenvalue weighted by molar-refractivity contribution is 5.89. The summed E-state index contributed by atoms with van der Waals surface area (Å²) in [6, 6.07) is 0. The van der Waals surface area contributed by atoms with E-state index < -0.39 is 5.41 Å². The van der Waals surface area contributed by atoms with Crippen LogP contribution < -0.4 is 0 Å². The van der Waals surface area contributed by atoms with Gasteiger partial charge in [-0.2, -0.15) is 0 Å². The second-order valence-corrected chi connectivity index (χ2v) is 6.35. The molecule has 1 aliphatic heterocycles. The number of amides is 1. The molecule has 0 radical (unpaired) electrons. The summed E-state index contributed by atoms with van der Waals surface area (Å²) in [5, 5.41) is 0. The summed E-state index contributed by atoms with van der Waals surface area (Å²) in [7, 11) is 7.39. The van der Waals surface area contributed by atoms with Crippen LogP contribution in [0.2, 0.25) is 0 Å². The molecular weight excluding hydrogens is 280 g/mol. The minimum absolute atomic E-state index is 0.115. The molecule has 0 N–H and O–H groups in total. The normalized spacial score (nSPS) is 28.2. The van der Waals surface area contributed by atoms with E-state index in [0.717, 1.165) is 44.0 Å². The van der Waals surface area contributed by atoms with Crippen LogP contribution >= 0.6 is 0 Å². The van der Waals surface area contributed by atoms with Crippen LogP contribution in [-0.4, -0.2) is 63.7 Å². The fourth-order valence-electron chi connectivity index (χ4n) is 3.32. The van der Waals surface area contributed by atoms with Gasteiger partial charge in [0.2, 0.25) is 5.91 Å². The highest BCUT2D eigenvalue weighted by Crippen LogP contribution is 2.44. The van der Waals surface area contributed by atoms with Crippen LogP contribution in [0.1, 0.15) is 19.8 Å². The Morgan fingerprint density at radius 3 is 2.32 bits per heavy atom. The SMILES string of the molecule is CCC1C(OC)=CC2(C=C1OC)CCN(CCN(C)C)C2=O. The van der Waals surface area contributed by atoms with E-state index in [9.17, 15) is 4.79 Å². The van der Waals surface area contributed by atoms with Crippen LogP contribution in [0.15, 0.2) is 23.7 Å². The zero-order valence-corrected chi connectivity index (χ0v) is 14.4. The molecule has 1 amide bonds. The Bertz CT molecular complexity index is 460. The molecule has 1 aliphatic carbocycles. The Labute approximate surface area is 133 Å². The Hall–Kier alpha value is -1.49. The van der Waals surface area contributed by atoms with E-state index in [1.54, 1.807) is 14.2 Å². The molecule has 0 unspecified atom stereocenters. The Kier molecular flexibility index (Phi) is 5.16. The summed E-state index contributed by atoms with van der Waals surface area (Å²) < 4.78 is 11.1. The average molecular weight is 308 g/mol. The molecule has 0 bridgehead atoms. The molecule has 0 aromatic heterocycles. The Balaban J connectivity index is 2.26. The lowest BCUT2D eigenvalue weighted by Crippen LogP contribution is -2.38. The zero-order chi connectivity index (χ0) is 16.3. The third kappa shape index (κ3) is 3.00. The number of ether oxygens (including phenoxy) is 2. The summed E-state index contributed by atoms with van der Waals surface area (Å²) in [5.74, 6) is 1.98. The molecular formula is C17H28N2O3. The molecule has 0 saturated carbocycles. The zero-order valence-electron chi connectivity index (χ0n) is 14.4. The van der Waals surface area contributed by atoms with Gasteiger partial charge in [-0.05, 0) is 39.1 Å². The lowest BCUT2D eigenvalue weighted by Gasteiger charge is -2.32. The van der Waals surface area contributed by atoms with Crippen molar-refractivity contribution in [3.63, 3.8) is 0 Å². The van der Waals surface area contributed by atoms with Gasteiger partial charge in [0, 0.05) is 19.6 Å². The third-order valence-electron chi connectivity index (χ3n) is 4.66. The number of likely N-dealkylation sites (N-methyl/N-ethyl adjacent to an activating group) is 1. The molecule has 1 saturated heterocycles. The second kappa shape index (κ2) is 6.73. The van der Waals surface area contributed by atoms with Gasteiger partial charge in [-0.25, -0.2) is 0 Å². The standard InChI is InChI=1S/C17H28N2O3/c1-6-13-14(21-4)11-17(12-15(13)22-5)7-8-19(16(17)20)10-9-18(2)3/h11-13H,6-10H2,1-5H3. The summed E-state index contributed by atoms with van der Waals surface area (Å²) in [4.78, 5) is 17.0. The number of carbonyl (C=O) groups is 1. The number of hydrogen-bond donors (Lipinski definition) is 0. The van der Waals surface area contributed by atoms with Gasteiger partial charge in [-0.3, -0.25) is 4.79 Å². The molecule has 0 aromatic rings. The van der Waals surface area contributed by atoms with Crippen molar-refractivity contribution < 1.29 is 14.3 Å². The van der Waals surface area contributed by atoms with Gasteiger partial charge >= 0.3 is 0 Å². The van der Waals surface area contributed by atoms with Crippen molar-refractivity contribution in [1.82, 2.24) is 9.80 Å². The molecule has 1 spiro atoms. The summed E-state index contributed by atoms with van der Waals surface area (Å²) in [6.45, 7) is 4.52. The van der Waals surface area contributed by atoms with Crippen LogP contribution in [0, 0.1) is 11.3 Å². The molecule has 0 aromatic carbocycles. The first-order valence-corrected chi connectivity index (χ1v) is 7.95. The quantitative estimate of drug-likeness (QED) is 0.751. The highest BCUT2D eigenvalue weighted by Gasteiger charge is 2.47. The number of hydrogen-bond acceptors (Lipinski definition) is 4. The van der Waals surface area contributed by atoms with Gasteiger partial charge in [0.15, 0.2) is 0 Å². The first kappa shape index (κ1) is 16.9. The van der Waals surface area contributed by atoms with Crippen molar-refractivity contribution in [2.45, 2.75) is 19.8 Å². The van der Waals surface area contributed by atoms with Crippen LogP contribution in [-0.2, 0) is 14.3 Å². The van der Waals surface area contributed by atoms with E-state index >= 15 is 0 Å². The first-order valence-electron chi connectivity index (χ1n) is 7.95. The number of methoxy groups -OCH3 is 2. The second-order valence-electron chi connectivity index (χ2n) is 6.35. The van der Waals surface area contributed by atoms with E-state index in [1.807, 2.05) is 31.1 Å². The Morgan fingerprint density at radius 2 is 1.86 bits per heavy atom. The smallest absolute Gasteiger partial charge is 0.236 e. The number of carbonyl (C=O) groups excluding carboxylic acids is 1. The lowest BCUT2D eigenvalue weighted by atomic mass is 9.77. The van der Waals surface area contributed by atoms with Crippen LogP contribution in [0.25, 0.3) is 0 Å². The van der Waals surface area contributed by atoms with Crippen molar-refractivity contribution in [1.29, 1.82) is 0 Å². The number of nitrogens with zero attached hydrogens (tertiary/aromatic N) is 2. The van der Waals surface area contributed by atoms with E-state index in [1.165, 1.54) is 0 Å². The molecule has 0 atom stereocenters.